The Hall–Kier alpha value is -0.560. The lowest BCUT2D eigenvalue weighted by Crippen LogP contribution is -2.18. The molecule has 0 saturated heterocycles. The molecule has 4 aliphatic rings. The summed E-state index contributed by atoms with van der Waals surface area (Å²) in [4.78, 5) is 0. The molecule has 0 N–H and O–H groups in total. The molecule has 4 saturated carbocycles. The maximum absolute atomic E-state index is 6.12. The summed E-state index contributed by atoms with van der Waals surface area (Å²) in [5.74, 6) is 8.16. The van der Waals surface area contributed by atoms with Crippen LogP contribution in [0.5, 0.6) is 0 Å². The van der Waals surface area contributed by atoms with E-state index in [9.17, 15) is 0 Å². The Morgan fingerprint density at radius 3 is 0.837 bits per heavy atom. The van der Waals surface area contributed by atoms with Crippen molar-refractivity contribution < 1.29 is 4.74 Å². The van der Waals surface area contributed by atoms with Crippen molar-refractivity contribution >= 4 is 0 Å². The van der Waals surface area contributed by atoms with Crippen LogP contribution in [0, 0.1) is 47.3 Å². The lowest BCUT2D eigenvalue weighted by Gasteiger charge is -2.32. The number of rotatable bonds is 20. The van der Waals surface area contributed by atoms with Gasteiger partial charge in [-0.1, -0.05) is 141 Å². The lowest BCUT2D eigenvalue weighted by atomic mass is 9.74. The van der Waals surface area contributed by atoms with Crippen molar-refractivity contribution in [3.8, 4) is 0 Å². The zero-order chi connectivity index (χ0) is 30.0. The van der Waals surface area contributed by atoms with E-state index in [1.807, 2.05) is 0 Å². The van der Waals surface area contributed by atoms with Gasteiger partial charge in [0.2, 0.25) is 0 Å². The van der Waals surface area contributed by atoms with Crippen molar-refractivity contribution in [1.29, 1.82) is 0 Å². The molecule has 0 aromatic heterocycles. The van der Waals surface area contributed by atoms with Gasteiger partial charge in [-0.3, -0.25) is 0 Å². The topological polar surface area (TPSA) is 9.23 Å². The van der Waals surface area contributed by atoms with Crippen LogP contribution >= 0.6 is 0 Å². The summed E-state index contributed by atoms with van der Waals surface area (Å²) >= 11 is 0. The third kappa shape index (κ3) is 14.2. The van der Waals surface area contributed by atoms with Gasteiger partial charge in [0.1, 0.15) is 0 Å². The first-order chi connectivity index (χ1) is 21.2. The Kier molecular flexibility index (Phi) is 17.5. The van der Waals surface area contributed by atoms with Gasteiger partial charge in [0.15, 0.2) is 0 Å². The monoisotopic (exact) mass is 595 g/mol. The van der Waals surface area contributed by atoms with Crippen LogP contribution in [0.1, 0.15) is 180 Å². The highest BCUT2D eigenvalue weighted by Crippen LogP contribution is 2.40. The quantitative estimate of drug-likeness (QED) is 0.101. The molecule has 0 unspecified atom stereocenters. The van der Waals surface area contributed by atoms with E-state index in [1.54, 1.807) is 0 Å². The molecule has 0 aliphatic heterocycles. The highest BCUT2D eigenvalue weighted by molar-refractivity contribution is 4.80. The molecule has 0 atom stereocenters. The van der Waals surface area contributed by atoms with Gasteiger partial charge in [0, 0.05) is 13.2 Å². The van der Waals surface area contributed by atoms with E-state index < -0.39 is 0 Å². The fraction of sp³-hybridized carbons (Fsp3) is 0.905. The maximum Gasteiger partial charge on any atom is 0.0466 e. The molecule has 0 aromatic rings. The normalized spacial score (nSPS) is 33.7. The van der Waals surface area contributed by atoms with Gasteiger partial charge in [-0.15, -0.1) is 13.2 Å². The van der Waals surface area contributed by atoms with Gasteiger partial charge in [-0.25, -0.2) is 0 Å². The third-order valence-electron chi connectivity index (χ3n) is 13.2. The van der Waals surface area contributed by atoms with Gasteiger partial charge in [0.05, 0.1) is 0 Å². The first kappa shape index (κ1) is 35.3. The predicted octanol–water partition coefficient (Wildman–Crippen LogP) is 13.3. The molecular weight excluding hydrogens is 520 g/mol. The second-order valence-corrected chi connectivity index (χ2v) is 16.3. The van der Waals surface area contributed by atoms with Crippen LogP contribution in [0.4, 0.5) is 0 Å². The van der Waals surface area contributed by atoms with Crippen LogP contribution < -0.4 is 0 Å². The first-order valence-corrected chi connectivity index (χ1v) is 20.0. The molecule has 4 rings (SSSR count). The molecule has 0 aromatic carbocycles. The molecule has 248 valence electrons. The molecule has 43 heavy (non-hydrogen) atoms. The van der Waals surface area contributed by atoms with E-state index in [1.165, 1.54) is 180 Å². The molecule has 1 nitrogen and oxygen atoms in total. The Morgan fingerprint density at radius 1 is 0.349 bits per heavy atom. The summed E-state index contributed by atoms with van der Waals surface area (Å²) in [6.07, 6.45) is 45.1. The summed E-state index contributed by atoms with van der Waals surface area (Å²) in [5.41, 5.74) is 0. The molecule has 0 radical (unpaired) electrons. The standard InChI is InChI=1S/C42H74O/c1-3-5-9-35-13-21-39(22-14-35)29-31-41-25-17-37(18-26-41)11-7-33-43-34-8-12-38-19-27-42(28-20-38)32-30-40-23-15-36(16-24-40)10-6-4-2/h3-4,35-42H,1-2,5-34H2. The SMILES string of the molecule is C=CCCC1CCC(CCC2CCC(CCCOCCCC3CCC(CCC4CCC(CCC=C)CC4)CC3)CC2)CC1. The number of hydrogen-bond acceptors (Lipinski definition) is 1. The fourth-order valence-electron chi connectivity index (χ4n) is 9.94. The second kappa shape index (κ2) is 21.3. The number of allylic oxidation sites excluding steroid dienone is 2. The van der Waals surface area contributed by atoms with Crippen molar-refractivity contribution in [2.24, 2.45) is 47.3 Å². The maximum atomic E-state index is 6.12. The molecule has 0 amide bonds. The largest absolute Gasteiger partial charge is 0.381 e. The number of ether oxygens (including phenoxy) is 1. The van der Waals surface area contributed by atoms with Crippen molar-refractivity contribution in [2.45, 2.75) is 180 Å². The molecule has 0 heterocycles. The summed E-state index contributed by atoms with van der Waals surface area (Å²) in [7, 11) is 0. The molecule has 1 heteroatoms. The Balaban J connectivity index is 0.907. The van der Waals surface area contributed by atoms with E-state index in [4.69, 9.17) is 4.74 Å². The molecule has 0 spiro atoms. The van der Waals surface area contributed by atoms with Crippen molar-refractivity contribution in [1.82, 2.24) is 0 Å². The van der Waals surface area contributed by atoms with Crippen LogP contribution in [-0.2, 0) is 4.74 Å². The minimum Gasteiger partial charge on any atom is -0.381 e. The Bertz CT molecular complexity index is 634. The fourth-order valence-corrected chi connectivity index (χ4v) is 9.94. The van der Waals surface area contributed by atoms with Gasteiger partial charge >= 0.3 is 0 Å². The summed E-state index contributed by atoms with van der Waals surface area (Å²) in [5, 5.41) is 0. The predicted molar refractivity (Wildman–Crippen MR) is 188 cm³/mol. The highest BCUT2D eigenvalue weighted by atomic mass is 16.5. The van der Waals surface area contributed by atoms with Crippen LogP contribution in [0.15, 0.2) is 25.3 Å². The van der Waals surface area contributed by atoms with E-state index >= 15 is 0 Å². The van der Waals surface area contributed by atoms with E-state index in [-0.39, 0.29) is 0 Å². The number of hydrogen-bond donors (Lipinski definition) is 0. The van der Waals surface area contributed by atoms with Crippen LogP contribution in [0.3, 0.4) is 0 Å². The van der Waals surface area contributed by atoms with E-state index in [0.29, 0.717) is 0 Å². The molecule has 0 bridgehead atoms. The van der Waals surface area contributed by atoms with E-state index in [0.717, 1.165) is 60.6 Å². The summed E-state index contributed by atoms with van der Waals surface area (Å²) < 4.78 is 6.12. The van der Waals surface area contributed by atoms with E-state index in [2.05, 4.69) is 25.3 Å². The minimum absolute atomic E-state index is 0.993. The van der Waals surface area contributed by atoms with Gasteiger partial charge in [-0.2, -0.15) is 0 Å². The van der Waals surface area contributed by atoms with Crippen molar-refractivity contribution in [3.63, 3.8) is 0 Å². The molecule has 4 fully saturated rings. The molecule has 4 aliphatic carbocycles. The summed E-state index contributed by atoms with van der Waals surface area (Å²) in [6, 6.07) is 0. The second-order valence-electron chi connectivity index (χ2n) is 16.3. The van der Waals surface area contributed by atoms with Crippen LogP contribution in [0.2, 0.25) is 0 Å². The zero-order valence-electron chi connectivity index (χ0n) is 28.8. The Labute approximate surface area is 269 Å². The van der Waals surface area contributed by atoms with Crippen molar-refractivity contribution in [2.75, 3.05) is 13.2 Å². The third-order valence-corrected chi connectivity index (χ3v) is 13.2. The van der Waals surface area contributed by atoms with Crippen LogP contribution in [0.25, 0.3) is 0 Å². The first-order valence-electron chi connectivity index (χ1n) is 20.0. The average molecular weight is 595 g/mol. The molecular formula is C42H74O. The summed E-state index contributed by atoms with van der Waals surface area (Å²) in [6.45, 7) is 9.83. The average Bonchev–Trinajstić information content (AvgIpc) is 3.06. The Morgan fingerprint density at radius 2 is 0.581 bits per heavy atom. The van der Waals surface area contributed by atoms with Crippen LogP contribution in [-0.4, -0.2) is 13.2 Å². The lowest BCUT2D eigenvalue weighted by molar-refractivity contribution is 0.112. The van der Waals surface area contributed by atoms with Crippen molar-refractivity contribution in [3.05, 3.63) is 25.3 Å². The van der Waals surface area contributed by atoms with Gasteiger partial charge in [0.25, 0.3) is 0 Å². The zero-order valence-corrected chi connectivity index (χ0v) is 28.8. The smallest absolute Gasteiger partial charge is 0.0466 e. The minimum atomic E-state index is 0.993. The van der Waals surface area contributed by atoms with Gasteiger partial charge < -0.3 is 4.74 Å². The van der Waals surface area contributed by atoms with Gasteiger partial charge in [-0.05, 0) is 98.7 Å². The highest BCUT2D eigenvalue weighted by Gasteiger charge is 2.26.